The van der Waals surface area contributed by atoms with E-state index < -0.39 is 16.4 Å². The summed E-state index contributed by atoms with van der Waals surface area (Å²) in [5, 5.41) is 0. The maximum absolute atomic E-state index is 11.7. The van der Waals surface area contributed by atoms with Gasteiger partial charge in [0.1, 0.15) is 0 Å². The molecule has 0 aliphatic rings. The van der Waals surface area contributed by atoms with Gasteiger partial charge in [-0.2, -0.15) is 0 Å². The summed E-state index contributed by atoms with van der Waals surface area (Å²) in [7, 11) is -6.61. The summed E-state index contributed by atoms with van der Waals surface area (Å²) >= 11 is 0. The molecule has 8 heteroatoms. The number of rotatable bonds is 16. The zero-order valence-corrected chi connectivity index (χ0v) is 17.4. The van der Waals surface area contributed by atoms with Crippen LogP contribution in [0.2, 0.25) is 0 Å². The van der Waals surface area contributed by atoms with Crippen molar-refractivity contribution in [2.24, 2.45) is 11.8 Å². The molecule has 0 radical (unpaired) electrons. The van der Waals surface area contributed by atoms with Crippen molar-refractivity contribution < 1.29 is 27.7 Å². The molecule has 2 N–H and O–H groups in total. The average Bonchev–Trinajstić information content (AvgIpc) is 2.45. The van der Waals surface area contributed by atoms with Crippen LogP contribution in [0.4, 0.5) is 0 Å². The van der Waals surface area contributed by atoms with Crippen LogP contribution in [0.1, 0.15) is 79.1 Å². The molecule has 6 nitrogen and oxygen atoms in total. The Morgan fingerprint density at radius 1 is 0.875 bits per heavy atom. The molecule has 0 saturated carbocycles. The van der Waals surface area contributed by atoms with Crippen LogP contribution >= 0.6 is 16.4 Å². The van der Waals surface area contributed by atoms with Crippen LogP contribution in [-0.2, 0) is 17.9 Å². The van der Waals surface area contributed by atoms with Gasteiger partial charge in [0, 0.05) is 0 Å². The molecule has 0 aliphatic carbocycles. The van der Waals surface area contributed by atoms with Crippen LogP contribution in [0.5, 0.6) is 0 Å². The van der Waals surface area contributed by atoms with Crippen molar-refractivity contribution in [3.8, 4) is 0 Å². The van der Waals surface area contributed by atoms with Crippen LogP contribution in [0, 0.1) is 11.8 Å². The zero-order chi connectivity index (χ0) is 18.4. The van der Waals surface area contributed by atoms with E-state index in [-0.39, 0.29) is 6.61 Å². The maximum atomic E-state index is 11.7. The first kappa shape index (κ1) is 24.5. The molecule has 0 aromatic rings. The van der Waals surface area contributed by atoms with Crippen LogP contribution in [-0.4, -0.2) is 23.0 Å². The molecule has 24 heavy (non-hydrogen) atoms. The van der Waals surface area contributed by atoms with E-state index in [1.165, 1.54) is 6.42 Å². The second-order valence-electron chi connectivity index (χ2n) is 6.94. The van der Waals surface area contributed by atoms with Gasteiger partial charge < -0.3 is 14.3 Å². The van der Waals surface area contributed by atoms with E-state index >= 15 is 0 Å². The highest BCUT2D eigenvalue weighted by Crippen LogP contribution is 2.55. The quantitative estimate of drug-likeness (QED) is 0.258. The summed E-state index contributed by atoms with van der Waals surface area (Å²) in [6, 6.07) is 0. The Bertz CT molecular complexity index is 339. The van der Waals surface area contributed by atoms with Gasteiger partial charge in [-0.25, -0.2) is 8.88 Å². The van der Waals surface area contributed by atoms with E-state index in [1.807, 2.05) is 0 Å². The topological polar surface area (TPSA) is 85.2 Å². The molecule has 0 rings (SSSR count). The Morgan fingerprint density at radius 3 is 1.88 bits per heavy atom. The molecule has 0 aliphatic heterocycles. The summed E-state index contributed by atoms with van der Waals surface area (Å²) in [5.74, 6) is 1.35. The molecule has 0 aromatic carbocycles. The lowest BCUT2D eigenvalue weighted by molar-refractivity contribution is 0.177. The largest absolute Gasteiger partial charge is 0.479 e. The Balaban J connectivity index is 3.63. The number of phosphoric acid groups is 1. The highest BCUT2D eigenvalue weighted by atomic mass is 31.3. The summed E-state index contributed by atoms with van der Waals surface area (Å²) in [4.78, 5) is 19.1. The van der Waals surface area contributed by atoms with Gasteiger partial charge in [-0.1, -0.05) is 66.2 Å². The first-order valence-electron chi connectivity index (χ1n) is 9.02. The highest BCUT2D eigenvalue weighted by molar-refractivity contribution is 7.58. The van der Waals surface area contributed by atoms with Crippen molar-refractivity contribution in [1.82, 2.24) is 0 Å². The van der Waals surface area contributed by atoms with Gasteiger partial charge in [-0.15, -0.1) is 0 Å². The summed E-state index contributed by atoms with van der Waals surface area (Å²) in [6.07, 6.45) is 7.93. The minimum absolute atomic E-state index is 0.143. The fourth-order valence-electron chi connectivity index (χ4n) is 2.12. The monoisotopic (exact) mass is 386 g/mol. The molecule has 0 heterocycles. The van der Waals surface area contributed by atoms with Crippen molar-refractivity contribution in [2.75, 3.05) is 13.2 Å². The first-order chi connectivity index (χ1) is 11.2. The number of hydrogen-bond acceptors (Lipinski definition) is 5. The zero-order valence-electron chi connectivity index (χ0n) is 15.6. The van der Waals surface area contributed by atoms with Gasteiger partial charge in [0.25, 0.3) is 0 Å². The van der Waals surface area contributed by atoms with Crippen molar-refractivity contribution in [3.05, 3.63) is 0 Å². The standard InChI is InChI=1S/C16H36O6P2/c1-15(2)11-7-5-9-13-20-23(17)22-24(18,19)21-14-10-6-8-12-16(3)4/h15-17H,5-14H2,1-4H3,(H,18,19). The summed E-state index contributed by atoms with van der Waals surface area (Å²) in [6.45, 7) is 9.15. The molecule has 0 aromatic heterocycles. The molecule has 146 valence electrons. The fraction of sp³-hybridized carbons (Fsp3) is 1.00. The lowest BCUT2D eigenvalue weighted by Gasteiger charge is -2.15. The predicted molar refractivity (Wildman–Crippen MR) is 98.6 cm³/mol. The Kier molecular flexibility index (Phi) is 14.9. The minimum atomic E-state index is -4.24. The van der Waals surface area contributed by atoms with E-state index in [1.54, 1.807) is 0 Å². The van der Waals surface area contributed by atoms with Gasteiger partial charge in [0.15, 0.2) is 0 Å². The third-order valence-corrected chi connectivity index (χ3v) is 5.78. The van der Waals surface area contributed by atoms with Crippen molar-refractivity contribution in [3.63, 3.8) is 0 Å². The Hall–Kier alpha value is 0.460. The maximum Gasteiger partial charge on any atom is 0.479 e. The number of hydrogen-bond donors (Lipinski definition) is 2. The van der Waals surface area contributed by atoms with E-state index in [0.717, 1.165) is 38.5 Å². The minimum Gasteiger partial charge on any atom is -0.328 e. The molecule has 2 atom stereocenters. The molecule has 0 bridgehead atoms. The van der Waals surface area contributed by atoms with Crippen LogP contribution < -0.4 is 0 Å². The van der Waals surface area contributed by atoms with Gasteiger partial charge in [0.05, 0.1) is 13.2 Å². The smallest absolute Gasteiger partial charge is 0.328 e. The van der Waals surface area contributed by atoms with Gasteiger partial charge >= 0.3 is 16.4 Å². The number of unbranched alkanes of at least 4 members (excludes halogenated alkanes) is 4. The van der Waals surface area contributed by atoms with Crippen molar-refractivity contribution >= 4 is 16.4 Å². The summed E-state index contributed by atoms with van der Waals surface area (Å²) in [5.41, 5.74) is 0. The Labute approximate surface area is 148 Å². The van der Waals surface area contributed by atoms with Gasteiger partial charge in [-0.3, -0.25) is 4.52 Å². The van der Waals surface area contributed by atoms with E-state index in [0.29, 0.717) is 24.9 Å². The first-order valence-corrected chi connectivity index (χ1v) is 11.6. The molecule has 0 fully saturated rings. The van der Waals surface area contributed by atoms with Gasteiger partial charge in [0.2, 0.25) is 0 Å². The van der Waals surface area contributed by atoms with Crippen LogP contribution in [0.15, 0.2) is 0 Å². The predicted octanol–water partition coefficient (Wildman–Crippen LogP) is 5.79. The summed E-state index contributed by atoms with van der Waals surface area (Å²) < 4.78 is 26.2. The fourth-order valence-corrected chi connectivity index (χ4v) is 3.85. The third-order valence-electron chi connectivity index (χ3n) is 3.48. The molecule has 0 spiro atoms. The van der Waals surface area contributed by atoms with E-state index in [9.17, 15) is 14.4 Å². The third kappa shape index (κ3) is 17.3. The van der Waals surface area contributed by atoms with Crippen LogP contribution in [0.25, 0.3) is 0 Å². The SMILES string of the molecule is CC(C)CCCCCOP(O)OP(=O)(O)OCCCCCC(C)C. The van der Waals surface area contributed by atoms with Crippen molar-refractivity contribution in [1.29, 1.82) is 0 Å². The van der Waals surface area contributed by atoms with Crippen molar-refractivity contribution in [2.45, 2.75) is 79.1 Å². The molecule has 0 saturated heterocycles. The number of phosphoric ester groups is 1. The molecular weight excluding hydrogens is 350 g/mol. The second kappa shape index (κ2) is 14.6. The molecule has 2 unspecified atom stereocenters. The lowest BCUT2D eigenvalue weighted by Crippen LogP contribution is -1.98. The normalized spacial score (nSPS) is 15.8. The second-order valence-corrected chi connectivity index (χ2v) is 9.52. The van der Waals surface area contributed by atoms with Gasteiger partial charge in [-0.05, 0) is 24.7 Å². The lowest BCUT2D eigenvalue weighted by atomic mass is 10.1. The Morgan fingerprint density at radius 2 is 1.38 bits per heavy atom. The average molecular weight is 386 g/mol. The highest BCUT2D eigenvalue weighted by Gasteiger charge is 2.27. The van der Waals surface area contributed by atoms with E-state index in [2.05, 4.69) is 32.0 Å². The van der Waals surface area contributed by atoms with E-state index in [4.69, 9.17) is 9.05 Å². The van der Waals surface area contributed by atoms with Crippen LogP contribution in [0.3, 0.4) is 0 Å². The molecule has 0 amide bonds. The molecular formula is C16H36O6P2.